The lowest BCUT2D eigenvalue weighted by Crippen LogP contribution is -2.32. The van der Waals surface area contributed by atoms with Crippen LogP contribution < -0.4 is 0 Å². The summed E-state index contributed by atoms with van der Waals surface area (Å²) in [6.45, 7) is 3.57. The molecule has 2 bridgehead atoms. The second kappa shape index (κ2) is 3.49. The van der Waals surface area contributed by atoms with E-state index in [1.54, 1.807) is 0 Å². The third-order valence-electron chi connectivity index (χ3n) is 3.80. The van der Waals surface area contributed by atoms with Crippen LogP contribution in [0.3, 0.4) is 0 Å². The Labute approximate surface area is 91.4 Å². The van der Waals surface area contributed by atoms with Gasteiger partial charge in [0.05, 0.1) is 0 Å². The van der Waals surface area contributed by atoms with Gasteiger partial charge < -0.3 is 0 Å². The maximum absolute atomic E-state index is 2.62. The normalized spacial score (nSPS) is 31.0. The Morgan fingerprint density at radius 3 is 2.60 bits per heavy atom. The van der Waals surface area contributed by atoms with Crippen molar-refractivity contribution < 1.29 is 0 Å². The van der Waals surface area contributed by atoms with E-state index in [1.165, 1.54) is 18.5 Å². The summed E-state index contributed by atoms with van der Waals surface area (Å²) in [4.78, 5) is 2.62. The minimum Gasteiger partial charge on any atom is -0.290 e. The highest BCUT2D eigenvalue weighted by Crippen LogP contribution is 2.37. The van der Waals surface area contributed by atoms with E-state index < -0.39 is 0 Å². The quantitative estimate of drug-likeness (QED) is 0.662. The molecule has 1 aliphatic carbocycles. The first-order valence-corrected chi connectivity index (χ1v) is 5.83. The summed E-state index contributed by atoms with van der Waals surface area (Å²) in [5.74, 6) is 0.821. The minimum absolute atomic E-state index is 0.561. The van der Waals surface area contributed by atoms with E-state index in [1.807, 2.05) is 0 Å². The third-order valence-corrected chi connectivity index (χ3v) is 3.80. The SMILES string of the molecule is C[C@@H](c1ccccc1)N1C[C@H]2C=C[C@@H]1C2. The predicted octanol–water partition coefficient (Wildman–Crippen LogP) is 3.01. The first-order valence-electron chi connectivity index (χ1n) is 5.83. The van der Waals surface area contributed by atoms with E-state index in [0.29, 0.717) is 12.1 Å². The van der Waals surface area contributed by atoms with Gasteiger partial charge in [-0.05, 0) is 24.8 Å². The van der Waals surface area contributed by atoms with Gasteiger partial charge in [0.25, 0.3) is 0 Å². The lowest BCUT2D eigenvalue weighted by Gasteiger charge is -2.30. The Balaban J connectivity index is 1.81. The van der Waals surface area contributed by atoms with Crippen LogP contribution in [-0.4, -0.2) is 17.5 Å². The van der Waals surface area contributed by atoms with Crippen molar-refractivity contribution in [1.82, 2.24) is 4.90 Å². The van der Waals surface area contributed by atoms with E-state index in [9.17, 15) is 0 Å². The van der Waals surface area contributed by atoms with Gasteiger partial charge in [0, 0.05) is 18.6 Å². The molecule has 1 heteroatoms. The van der Waals surface area contributed by atoms with Crippen LogP contribution in [0.2, 0.25) is 0 Å². The molecule has 3 rings (SSSR count). The fourth-order valence-corrected chi connectivity index (χ4v) is 2.91. The van der Waals surface area contributed by atoms with Crippen molar-refractivity contribution in [2.75, 3.05) is 6.54 Å². The van der Waals surface area contributed by atoms with Gasteiger partial charge in [-0.1, -0.05) is 42.5 Å². The molecule has 0 aromatic heterocycles. The van der Waals surface area contributed by atoms with Crippen molar-refractivity contribution in [3.05, 3.63) is 48.0 Å². The van der Waals surface area contributed by atoms with Crippen LogP contribution in [0.25, 0.3) is 0 Å². The van der Waals surface area contributed by atoms with Crippen LogP contribution in [0, 0.1) is 5.92 Å². The number of hydrogen-bond acceptors (Lipinski definition) is 1. The Kier molecular flexibility index (Phi) is 2.14. The molecule has 0 radical (unpaired) electrons. The summed E-state index contributed by atoms with van der Waals surface area (Å²) in [6, 6.07) is 12.1. The highest BCUT2D eigenvalue weighted by atomic mass is 15.2. The number of rotatable bonds is 2. The van der Waals surface area contributed by atoms with Gasteiger partial charge in [0.2, 0.25) is 0 Å². The van der Waals surface area contributed by atoms with Crippen LogP contribution in [-0.2, 0) is 0 Å². The average molecular weight is 199 g/mol. The molecule has 0 N–H and O–H groups in total. The molecule has 0 spiro atoms. The highest BCUT2D eigenvalue weighted by molar-refractivity contribution is 5.22. The van der Waals surface area contributed by atoms with Gasteiger partial charge in [-0.15, -0.1) is 0 Å². The standard InChI is InChI=1S/C14H17N/c1-11(13-5-3-2-4-6-13)15-10-12-7-8-14(15)9-12/h2-8,11-12,14H,9-10H2,1H3/t11-,12-,14+/m0/s1. The molecule has 3 atom stereocenters. The molecule has 0 saturated carbocycles. The molecule has 1 fully saturated rings. The number of nitrogens with zero attached hydrogens (tertiary/aromatic N) is 1. The topological polar surface area (TPSA) is 3.24 Å². The van der Waals surface area contributed by atoms with E-state index in [0.717, 1.165) is 5.92 Å². The van der Waals surface area contributed by atoms with Gasteiger partial charge in [-0.2, -0.15) is 0 Å². The van der Waals surface area contributed by atoms with E-state index in [4.69, 9.17) is 0 Å². The lowest BCUT2D eigenvalue weighted by molar-refractivity contribution is 0.213. The zero-order valence-corrected chi connectivity index (χ0v) is 9.13. The number of benzene rings is 1. The zero-order chi connectivity index (χ0) is 10.3. The van der Waals surface area contributed by atoms with Crippen LogP contribution >= 0.6 is 0 Å². The van der Waals surface area contributed by atoms with Gasteiger partial charge in [-0.25, -0.2) is 0 Å². The summed E-state index contributed by atoms with van der Waals surface area (Å²) in [6.07, 6.45) is 6.11. The summed E-state index contributed by atoms with van der Waals surface area (Å²) >= 11 is 0. The summed E-state index contributed by atoms with van der Waals surface area (Å²) in [7, 11) is 0. The second-order valence-electron chi connectivity index (χ2n) is 4.73. The molecule has 0 unspecified atom stereocenters. The van der Waals surface area contributed by atoms with Crippen LogP contribution in [0.4, 0.5) is 0 Å². The monoisotopic (exact) mass is 199 g/mol. The maximum Gasteiger partial charge on any atom is 0.0326 e. The van der Waals surface area contributed by atoms with Crippen LogP contribution in [0.15, 0.2) is 42.5 Å². The Morgan fingerprint density at radius 2 is 2.00 bits per heavy atom. The number of fused-ring (bicyclic) bond motifs is 2. The Hall–Kier alpha value is -1.08. The van der Waals surface area contributed by atoms with Crippen molar-refractivity contribution in [2.24, 2.45) is 5.92 Å². The smallest absolute Gasteiger partial charge is 0.0326 e. The highest BCUT2D eigenvalue weighted by Gasteiger charge is 2.36. The molecule has 0 amide bonds. The molecule has 1 saturated heterocycles. The molecule has 1 aromatic carbocycles. The summed E-state index contributed by atoms with van der Waals surface area (Å²) < 4.78 is 0. The van der Waals surface area contributed by atoms with E-state index in [-0.39, 0.29) is 0 Å². The molecule has 1 aromatic rings. The Bertz CT molecular complexity index is 368. The van der Waals surface area contributed by atoms with Crippen LogP contribution in [0.1, 0.15) is 24.9 Å². The van der Waals surface area contributed by atoms with Gasteiger partial charge in [-0.3, -0.25) is 4.90 Å². The maximum atomic E-state index is 2.62. The van der Waals surface area contributed by atoms with Crippen molar-refractivity contribution in [3.8, 4) is 0 Å². The molecule has 78 valence electrons. The van der Waals surface area contributed by atoms with Crippen molar-refractivity contribution in [2.45, 2.75) is 25.4 Å². The van der Waals surface area contributed by atoms with E-state index in [2.05, 4.69) is 54.3 Å². The number of likely N-dealkylation sites (tertiary alicyclic amines) is 1. The van der Waals surface area contributed by atoms with Crippen molar-refractivity contribution in [1.29, 1.82) is 0 Å². The first-order chi connectivity index (χ1) is 7.34. The van der Waals surface area contributed by atoms with Gasteiger partial charge >= 0.3 is 0 Å². The molecule has 1 nitrogen and oxygen atoms in total. The molecule has 1 heterocycles. The largest absolute Gasteiger partial charge is 0.290 e. The molecule has 1 aliphatic heterocycles. The van der Waals surface area contributed by atoms with Crippen molar-refractivity contribution >= 4 is 0 Å². The van der Waals surface area contributed by atoms with Gasteiger partial charge in [0.15, 0.2) is 0 Å². The first kappa shape index (κ1) is 9.17. The molecular formula is C14H17N. The second-order valence-corrected chi connectivity index (χ2v) is 4.73. The fourth-order valence-electron chi connectivity index (χ4n) is 2.91. The predicted molar refractivity (Wildman–Crippen MR) is 62.6 cm³/mol. The third kappa shape index (κ3) is 1.51. The molecule has 15 heavy (non-hydrogen) atoms. The number of hydrogen-bond donors (Lipinski definition) is 0. The minimum atomic E-state index is 0.561. The van der Waals surface area contributed by atoms with E-state index >= 15 is 0 Å². The van der Waals surface area contributed by atoms with Crippen LogP contribution in [0.5, 0.6) is 0 Å². The van der Waals surface area contributed by atoms with Crippen molar-refractivity contribution in [3.63, 3.8) is 0 Å². The Morgan fingerprint density at radius 1 is 1.20 bits per heavy atom. The average Bonchev–Trinajstić information content (AvgIpc) is 2.91. The van der Waals surface area contributed by atoms with Gasteiger partial charge in [0.1, 0.15) is 0 Å². The lowest BCUT2D eigenvalue weighted by atomic mass is 10.1. The summed E-state index contributed by atoms with van der Waals surface area (Å²) in [5.41, 5.74) is 1.44. The fraction of sp³-hybridized carbons (Fsp3) is 0.429. The zero-order valence-electron chi connectivity index (χ0n) is 9.13. The molecular weight excluding hydrogens is 182 g/mol. The summed E-state index contributed by atoms with van der Waals surface area (Å²) in [5, 5.41) is 0. The molecule has 2 aliphatic rings.